The molecule has 0 unspecified atom stereocenters. The molecule has 0 radical (unpaired) electrons. The lowest BCUT2D eigenvalue weighted by atomic mass is 10.2. The third-order valence-electron chi connectivity index (χ3n) is 3.82. The summed E-state index contributed by atoms with van der Waals surface area (Å²) in [5, 5.41) is 8.07. The minimum absolute atomic E-state index is 0.0340. The molecule has 0 spiro atoms. The molecule has 0 N–H and O–H groups in total. The summed E-state index contributed by atoms with van der Waals surface area (Å²) in [5.74, 6) is 0.878. The fourth-order valence-electron chi connectivity index (χ4n) is 2.23. The van der Waals surface area contributed by atoms with Gasteiger partial charge >= 0.3 is 6.18 Å². The van der Waals surface area contributed by atoms with E-state index in [1.165, 1.54) is 12.1 Å². The molecule has 1 aromatic carbocycles. The molecule has 28 heavy (non-hydrogen) atoms. The first-order valence-electron chi connectivity index (χ1n) is 9.36. The summed E-state index contributed by atoms with van der Waals surface area (Å²) in [4.78, 5) is 0. The van der Waals surface area contributed by atoms with Gasteiger partial charge in [0.1, 0.15) is 18.1 Å². The maximum absolute atomic E-state index is 12.8. The summed E-state index contributed by atoms with van der Waals surface area (Å²) < 4.78 is 55.2. The number of halogens is 3. The molecule has 0 amide bonds. The lowest BCUT2D eigenvalue weighted by molar-refractivity contribution is -0.137. The number of hydrogen-bond donors (Lipinski definition) is 0. The molecule has 0 aliphatic rings. The fraction of sp³-hybridized carbons (Fsp3) is 0.500. The van der Waals surface area contributed by atoms with Gasteiger partial charge in [0.2, 0.25) is 0 Å². The van der Waals surface area contributed by atoms with Crippen molar-refractivity contribution >= 4 is 0 Å². The molecule has 1 aromatic heterocycles. The fourth-order valence-corrected chi connectivity index (χ4v) is 2.23. The number of unbranched alkanes of at least 4 members (excludes halogenated alkanes) is 2. The van der Waals surface area contributed by atoms with Gasteiger partial charge in [0.25, 0.3) is 5.88 Å². The molecule has 0 atom stereocenters. The monoisotopic (exact) mass is 398 g/mol. The molecule has 0 bridgehead atoms. The van der Waals surface area contributed by atoms with Crippen LogP contribution in [0.3, 0.4) is 0 Å². The summed E-state index contributed by atoms with van der Waals surface area (Å²) in [6.45, 7) is 5.10. The van der Waals surface area contributed by atoms with Crippen molar-refractivity contribution in [1.29, 1.82) is 0 Å². The molecule has 2 aromatic rings. The minimum atomic E-state index is -4.42. The molecule has 2 rings (SSSR count). The first kappa shape index (κ1) is 21.8. The van der Waals surface area contributed by atoms with Gasteiger partial charge in [0, 0.05) is 6.07 Å². The largest absolute Gasteiger partial charge is 0.488 e. The Bertz CT molecular complexity index is 739. The Morgan fingerprint density at radius 2 is 1.61 bits per heavy atom. The Balaban J connectivity index is 2.07. The van der Waals surface area contributed by atoms with Crippen LogP contribution in [0, 0.1) is 0 Å². The summed E-state index contributed by atoms with van der Waals surface area (Å²) in [6, 6.07) is 6.36. The van der Waals surface area contributed by atoms with Gasteiger partial charge in [-0.15, -0.1) is 10.2 Å². The van der Waals surface area contributed by atoms with Crippen LogP contribution in [0.1, 0.15) is 50.8 Å². The second kappa shape index (κ2) is 10.7. The van der Waals surface area contributed by atoms with E-state index in [-0.39, 0.29) is 12.4 Å². The predicted molar refractivity (Wildman–Crippen MR) is 98.6 cm³/mol. The quantitative estimate of drug-likeness (QED) is 0.472. The zero-order chi connectivity index (χ0) is 20.4. The SMILES string of the molecule is CCCCOc1cc(COc2cccc(C(F)(F)F)c2)nnc1OCCCC. The van der Waals surface area contributed by atoms with E-state index in [2.05, 4.69) is 24.0 Å². The van der Waals surface area contributed by atoms with E-state index in [0.29, 0.717) is 30.5 Å². The van der Waals surface area contributed by atoms with Gasteiger partial charge in [-0.3, -0.25) is 0 Å². The maximum atomic E-state index is 12.8. The highest BCUT2D eigenvalue weighted by atomic mass is 19.4. The van der Waals surface area contributed by atoms with Crippen LogP contribution in [0.2, 0.25) is 0 Å². The third-order valence-corrected chi connectivity index (χ3v) is 3.82. The van der Waals surface area contributed by atoms with Crippen LogP contribution in [-0.4, -0.2) is 23.4 Å². The molecule has 5 nitrogen and oxygen atoms in total. The third kappa shape index (κ3) is 6.90. The Labute approximate surface area is 162 Å². The normalized spacial score (nSPS) is 11.3. The minimum Gasteiger partial charge on any atom is -0.488 e. The van der Waals surface area contributed by atoms with Crippen LogP contribution < -0.4 is 14.2 Å². The second-order valence-electron chi connectivity index (χ2n) is 6.22. The van der Waals surface area contributed by atoms with E-state index >= 15 is 0 Å². The lowest BCUT2D eigenvalue weighted by Crippen LogP contribution is -2.08. The molecule has 8 heteroatoms. The summed E-state index contributed by atoms with van der Waals surface area (Å²) in [6.07, 6.45) is -0.682. The van der Waals surface area contributed by atoms with Crippen molar-refractivity contribution in [3.05, 3.63) is 41.6 Å². The molecule has 0 aliphatic heterocycles. The van der Waals surface area contributed by atoms with Crippen molar-refractivity contribution in [3.8, 4) is 17.4 Å². The van der Waals surface area contributed by atoms with Crippen molar-refractivity contribution in [1.82, 2.24) is 10.2 Å². The standard InChI is InChI=1S/C20H25F3N2O3/c1-3-5-10-26-18-13-16(24-25-19(18)27-11-6-4-2)14-28-17-9-7-8-15(12-17)20(21,22)23/h7-9,12-13H,3-6,10-11,14H2,1-2H3. The van der Waals surface area contributed by atoms with Crippen LogP contribution in [-0.2, 0) is 12.8 Å². The van der Waals surface area contributed by atoms with Crippen molar-refractivity contribution in [3.63, 3.8) is 0 Å². The van der Waals surface area contributed by atoms with Crippen LogP contribution in [0.5, 0.6) is 17.4 Å². The smallest absolute Gasteiger partial charge is 0.416 e. The molecule has 0 aliphatic carbocycles. The van der Waals surface area contributed by atoms with Crippen molar-refractivity contribution in [2.24, 2.45) is 0 Å². The number of nitrogens with zero attached hydrogens (tertiary/aromatic N) is 2. The van der Waals surface area contributed by atoms with Gasteiger partial charge < -0.3 is 14.2 Å². The molecular formula is C20H25F3N2O3. The van der Waals surface area contributed by atoms with Gasteiger partial charge in [-0.05, 0) is 31.0 Å². The number of hydrogen-bond acceptors (Lipinski definition) is 5. The van der Waals surface area contributed by atoms with Gasteiger partial charge in [0.15, 0.2) is 5.75 Å². The van der Waals surface area contributed by atoms with Gasteiger partial charge in [-0.25, -0.2) is 0 Å². The van der Waals surface area contributed by atoms with Crippen LogP contribution in [0.4, 0.5) is 13.2 Å². The summed E-state index contributed by atoms with van der Waals surface area (Å²) in [5.41, 5.74) is -0.328. The van der Waals surface area contributed by atoms with Gasteiger partial charge in [-0.2, -0.15) is 13.2 Å². The van der Waals surface area contributed by atoms with E-state index in [9.17, 15) is 13.2 Å². The van der Waals surface area contributed by atoms with Gasteiger partial charge in [0.05, 0.1) is 18.8 Å². The van der Waals surface area contributed by atoms with Crippen LogP contribution in [0.25, 0.3) is 0 Å². The average Bonchev–Trinajstić information content (AvgIpc) is 2.67. The highest BCUT2D eigenvalue weighted by Gasteiger charge is 2.30. The van der Waals surface area contributed by atoms with Gasteiger partial charge in [-0.1, -0.05) is 32.8 Å². The van der Waals surface area contributed by atoms with E-state index in [4.69, 9.17) is 14.2 Å². The average molecular weight is 398 g/mol. The summed E-state index contributed by atoms with van der Waals surface area (Å²) >= 11 is 0. The van der Waals surface area contributed by atoms with Crippen molar-refractivity contribution < 1.29 is 27.4 Å². The second-order valence-corrected chi connectivity index (χ2v) is 6.22. The number of alkyl halides is 3. The first-order valence-corrected chi connectivity index (χ1v) is 9.36. The molecule has 1 heterocycles. The topological polar surface area (TPSA) is 53.5 Å². The molecular weight excluding hydrogens is 373 g/mol. The first-order chi connectivity index (χ1) is 13.4. The zero-order valence-electron chi connectivity index (χ0n) is 16.1. The maximum Gasteiger partial charge on any atom is 0.416 e. The molecule has 0 fully saturated rings. The zero-order valence-corrected chi connectivity index (χ0v) is 16.1. The Kier molecular flexibility index (Phi) is 8.35. The van der Waals surface area contributed by atoms with E-state index in [1.54, 1.807) is 6.07 Å². The summed E-state index contributed by atoms with van der Waals surface area (Å²) in [7, 11) is 0. The number of ether oxygens (including phenoxy) is 3. The number of benzene rings is 1. The highest BCUT2D eigenvalue weighted by Crippen LogP contribution is 2.31. The number of rotatable bonds is 11. The molecule has 0 saturated carbocycles. The van der Waals surface area contributed by atoms with Crippen molar-refractivity contribution in [2.45, 2.75) is 52.3 Å². The Hall–Kier alpha value is -2.51. The highest BCUT2D eigenvalue weighted by molar-refractivity contribution is 5.34. The predicted octanol–water partition coefficient (Wildman–Crippen LogP) is 5.43. The Morgan fingerprint density at radius 3 is 2.29 bits per heavy atom. The van der Waals surface area contributed by atoms with E-state index in [0.717, 1.165) is 37.8 Å². The molecule has 154 valence electrons. The van der Waals surface area contributed by atoms with E-state index in [1.807, 2.05) is 0 Å². The van der Waals surface area contributed by atoms with Crippen molar-refractivity contribution in [2.75, 3.05) is 13.2 Å². The van der Waals surface area contributed by atoms with E-state index < -0.39 is 11.7 Å². The molecule has 0 saturated heterocycles. The number of aromatic nitrogens is 2. The van der Waals surface area contributed by atoms with Crippen LogP contribution in [0.15, 0.2) is 30.3 Å². The Morgan fingerprint density at radius 1 is 0.893 bits per heavy atom. The lowest BCUT2D eigenvalue weighted by Gasteiger charge is -2.13. The van der Waals surface area contributed by atoms with Crippen LogP contribution >= 0.6 is 0 Å².